The Balaban J connectivity index is 2.31. The molecule has 0 aliphatic carbocycles. The van der Waals surface area contributed by atoms with Crippen LogP contribution >= 0.6 is 0 Å². The summed E-state index contributed by atoms with van der Waals surface area (Å²) in [6.07, 6.45) is 4.02. The lowest BCUT2D eigenvalue weighted by Gasteiger charge is -2.38. The lowest BCUT2D eigenvalue weighted by molar-refractivity contribution is 0.412. The highest BCUT2D eigenvalue weighted by Gasteiger charge is 2.30. The number of nitrogens with zero attached hydrogens (tertiary/aromatic N) is 5. The Bertz CT molecular complexity index is 976. The quantitative estimate of drug-likeness (QED) is 0.814. The van der Waals surface area contributed by atoms with Gasteiger partial charge in [0.1, 0.15) is 0 Å². The van der Waals surface area contributed by atoms with Crippen molar-refractivity contribution in [3.8, 4) is 0 Å². The summed E-state index contributed by atoms with van der Waals surface area (Å²) >= 11 is 0. The van der Waals surface area contributed by atoms with Crippen LogP contribution in [0.15, 0.2) is 21.2 Å². The van der Waals surface area contributed by atoms with Crippen LogP contribution in [0.1, 0.15) is 33.6 Å². The Labute approximate surface area is 152 Å². The summed E-state index contributed by atoms with van der Waals surface area (Å²) in [5.74, 6) is 0.707. The fourth-order valence-electron chi connectivity index (χ4n) is 3.56. The molecule has 2 N–H and O–H groups in total. The molecule has 1 saturated heterocycles. The molecule has 8 nitrogen and oxygen atoms in total. The van der Waals surface area contributed by atoms with E-state index in [1.165, 1.54) is 11.6 Å². The van der Waals surface area contributed by atoms with Gasteiger partial charge in [0.15, 0.2) is 11.2 Å². The third kappa shape index (κ3) is 2.88. The molecule has 26 heavy (non-hydrogen) atoms. The molecule has 1 aliphatic rings. The molecular formula is C18H28N6O2. The summed E-state index contributed by atoms with van der Waals surface area (Å²) in [4.78, 5) is 32.0. The van der Waals surface area contributed by atoms with Gasteiger partial charge < -0.3 is 15.2 Å². The highest BCUT2D eigenvalue weighted by atomic mass is 16.2. The summed E-state index contributed by atoms with van der Waals surface area (Å²) in [5, 5.41) is 0. The van der Waals surface area contributed by atoms with Crippen LogP contribution in [0.3, 0.4) is 0 Å². The van der Waals surface area contributed by atoms with Gasteiger partial charge in [-0.3, -0.25) is 13.9 Å². The number of allylic oxidation sites excluding steroid dienone is 2. The molecule has 2 aromatic rings. The molecule has 0 spiro atoms. The van der Waals surface area contributed by atoms with Gasteiger partial charge >= 0.3 is 5.69 Å². The standard InChI is InChI=1S/C18H28N6O2/c1-11(2)8-10-24-14-15(21(4)18(26)22(5)16(14)25)20-17(24)23-9-6-7-13(19)12(23)3/h8,12-13H,6-7,9-10,19H2,1-5H3. The zero-order valence-electron chi connectivity index (χ0n) is 16.2. The largest absolute Gasteiger partial charge is 0.338 e. The van der Waals surface area contributed by atoms with E-state index in [1.807, 2.05) is 18.4 Å². The normalized spacial score (nSPS) is 20.6. The van der Waals surface area contributed by atoms with E-state index in [9.17, 15) is 9.59 Å². The van der Waals surface area contributed by atoms with Crippen LogP contribution in [0.2, 0.25) is 0 Å². The maximum absolute atomic E-state index is 12.8. The Morgan fingerprint density at radius 2 is 1.96 bits per heavy atom. The van der Waals surface area contributed by atoms with E-state index in [0.717, 1.165) is 29.5 Å². The van der Waals surface area contributed by atoms with Crippen LogP contribution in [-0.2, 0) is 20.6 Å². The number of anilines is 1. The van der Waals surface area contributed by atoms with Crippen molar-refractivity contribution in [3.05, 3.63) is 32.5 Å². The lowest BCUT2D eigenvalue weighted by atomic mass is 9.99. The second kappa shape index (κ2) is 6.75. The second-order valence-electron chi connectivity index (χ2n) is 7.42. The molecule has 3 rings (SSSR count). The maximum atomic E-state index is 12.8. The van der Waals surface area contributed by atoms with Gasteiger partial charge in [-0.15, -0.1) is 0 Å². The topological polar surface area (TPSA) is 91.1 Å². The molecular weight excluding hydrogens is 332 g/mol. The van der Waals surface area contributed by atoms with Crippen molar-refractivity contribution in [2.24, 2.45) is 19.8 Å². The number of piperidine rings is 1. The van der Waals surface area contributed by atoms with Crippen LogP contribution in [0.25, 0.3) is 11.2 Å². The second-order valence-corrected chi connectivity index (χ2v) is 7.42. The number of imidazole rings is 1. The van der Waals surface area contributed by atoms with E-state index in [2.05, 4.69) is 17.9 Å². The first-order valence-electron chi connectivity index (χ1n) is 9.05. The molecule has 2 unspecified atom stereocenters. The lowest BCUT2D eigenvalue weighted by Crippen LogP contribution is -2.51. The van der Waals surface area contributed by atoms with E-state index < -0.39 is 0 Å². The zero-order chi connectivity index (χ0) is 19.2. The van der Waals surface area contributed by atoms with Crippen molar-refractivity contribution in [3.63, 3.8) is 0 Å². The SMILES string of the molecule is CC(C)=CCn1c(N2CCCC(N)C2C)nc2c1c(=O)n(C)c(=O)n2C. The van der Waals surface area contributed by atoms with E-state index in [-0.39, 0.29) is 23.3 Å². The number of hydrogen-bond acceptors (Lipinski definition) is 5. The van der Waals surface area contributed by atoms with Gasteiger partial charge in [-0.1, -0.05) is 11.6 Å². The first kappa shape index (κ1) is 18.4. The van der Waals surface area contributed by atoms with Gasteiger partial charge in [0, 0.05) is 39.3 Å². The van der Waals surface area contributed by atoms with E-state index in [0.29, 0.717) is 23.7 Å². The van der Waals surface area contributed by atoms with Gasteiger partial charge in [0.25, 0.3) is 5.56 Å². The molecule has 0 amide bonds. The van der Waals surface area contributed by atoms with E-state index in [1.54, 1.807) is 7.05 Å². The van der Waals surface area contributed by atoms with Crippen molar-refractivity contribution in [1.82, 2.24) is 18.7 Å². The average molecular weight is 360 g/mol. The smallest absolute Gasteiger partial charge is 0.332 e. The summed E-state index contributed by atoms with van der Waals surface area (Å²) < 4.78 is 4.49. The fraction of sp³-hybridized carbons (Fsp3) is 0.611. The summed E-state index contributed by atoms with van der Waals surface area (Å²) in [5.41, 5.74) is 7.60. The molecule has 0 saturated carbocycles. The molecule has 3 heterocycles. The minimum absolute atomic E-state index is 0.0621. The molecule has 0 radical (unpaired) electrons. The van der Waals surface area contributed by atoms with Gasteiger partial charge in [0.05, 0.1) is 0 Å². The first-order chi connectivity index (χ1) is 12.2. The van der Waals surface area contributed by atoms with Crippen LogP contribution in [0, 0.1) is 0 Å². The minimum Gasteiger partial charge on any atom is -0.338 e. The molecule has 1 aliphatic heterocycles. The predicted molar refractivity (Wildman–Crippen MR) is 104 cm³/mol. The van der Waals surface area contributed by atoms with Gasteiger partial charge in [-0.2, -0.15) is 4.98 Å². The molecule has 0 bridgehead atoms. The number of aromatic nitrogens is 4. The molecule has 2 aromatic heterocycles. The number of hydrogen-bond donors (Lipinski definition) is 1. The molecule has 1 fully saturated rings. The van der Waals surface area contributed by atoms with Crippen LogP contribution in [0.5, 0.6) is 0 Å². The Hall–Kier alpha value is -2.35. The van der Waals surface area contributed by atoms with Crippen LogP contribution < -0.4 is 21.9 Å². The summed E-state index contributed by atoms with van der Waals surface area (Å²) in [7, 11) is 3.15. The third-order valence-corrected chi connectivity index (χ3v) is 5.31. The number of nitrogens with two attached hydrogens (primary N) is 1. The third-order valence-electron chi connectivity index (χ3n) is 5.31. The summed E-state index contributed by atoms with van der Waals surface area (Å²) in [6, 6.07) is 0.180. The van der Waals surface area contributed by atoms with E-state index in [4.69, 9.17) is 10.7 Å². The van der Waals surface area contributed by atoms with Crippen molar-refractivity contribution < 1.29 is 0 Å². The number of rotatable bonds is 3. The molecule has 0 aromatic carbocycles. The molecule has 142 valence electrons. The zero-order valence-corrected chi connectivity index (χ0v) is 16.2. The van der Waals surface area contributed by atoms with Crippen molar-refractivity contribution in [1.29, 1.82) is 0 Å². The highest BCUT2D eigenvalue weighted by molar-refractivity contribution is 5.74. The van der Waals surface area contributed by atoms with Crippen molar-refractivity contribution in [2.75, 3.05) is 11.4 Å². The van der Waals surface area contributed by atoms with Gasteiger partial charge in [-0.25, -0.2) is 4.79 Å². The number of aryl methyl sites for hydroxylation is 1. The van der Waals surface area contributed by atoms with Crippen molar-refractivity contribution >= 4 is 17.1 Å². The predicted octanol–water partition coefficient (Wildman–Crippen LogP) is 0.716. The van der Waals surface area contributed by atoms with Gasteiger partial charge in [-0.05, 0) is 33.6 Å². The Morgan fingerprint density at radius 1 is 1.27 bits per heavy atom. The monoisotopic (exact) mass is 360 g/mol. The highest BCUT2D eigenvalue weighted by Crippen LogP contribution is 2.26. The fourth-order valence-corrected chi connectivity index (χ4v) is 3.56. The van der Waals surface area contributed by atoms with Gasteiger partial charge in [0.2, 0.25) is 5.95 Å². The Kier molecular flexibility index (Phi) is 4.79. The summed E-state index contributed by atoms with van der Waals surface area (Å²) in [6.45, 7) is 7.49. The Morgan fingerprint density at radius 3 is 2.62 bits per heavy atom. The van der Waals surface area contributed by atoms with Crippen LogP contribution in [-0.4, -0.2) is 37.3 Å². The maximum Gasteiger partial charge on any atom is 0.332 e. The molecule has 8 heteroatoms. The average Bonchev–Trinajstić information content (AvgIpc) is 2.98. The minimum atomic E-state index is -0.371. The van der Waals surface area contributed by atoms with Crippen molar-refractivity contribution in [2.45, 2.75) is 52.2 Å². The molecule has 2 atom stereocenters. The first-order valence-corrected chi connectivity index (χ1v) is 9.05. The van der Waals surface area contributed by atoms with E-state index >= 15 is 0 Å². The van der Waals surface area contributed by atoms with Crippen LogP contribution in [0.4, 0.5) is 5.95 Å². The number of fused-ring (bicyclic) bond motifs is 1.